The van der Waals surface area contributed by atoms with E-state index < -0.39 is 20.5 Å². The van der Waals surface area contributed by atoms with Crippen molar-refractivity contribution in [2.45, 2.75) is 42.9 Å². The highest BCUT2D eigenvalue weighted by atomic mass is 32.2. The molecule has 0 saturated heterocycles. The molecule has 1 aliphatic heterocycles. The lowest BCUT2D eigenvalue weighted by atomic mass is 9.95. The lowest BCUT2D eigenvalue weighted by molar-refractivity contribution is -0.131. The minimum Gasteiger partial charge on any atom is -0.483 e. The maximum atomic E-state index is 12.8. The van der Waals surface area contributed by atoms with Gasteiger partial charge in [0.05, 0.1) is 6.54 Å². The summed E-state index contributed by atoms with van der Waals surface area (Å²) in [6.07, 6.45) is 4.68. The van der Waals surface area contributed by atoms with Gasteiger partial charge in [-0.2, -0.15) is 0 Å². The molecule has 0 radical (unpaired) electrons. The molecule has 2 aromatic rings. The highest BCUT2D eigenvalue weighted by Gasteiger charge is 2.44. The van der Waals surface area contributed by atoms with Crippen molar-refractivity contribution in [1.82, 2.24) is 14.9 Å². The lowest BCUT2D eigenvalue weighted by Gasteiger charge is -2.27. The fourth-order valence-corrected chi connectivity index (χ4v) is 5.06. The predicted molar refractivity (Wildman–Crippen MR) is 135 cm³/mol. The van der Waals surface area contributed by atoms with Gasteiger partial charge >= 0.3 is 6.03 Å². The van der Waals surface area contributed by atoms with Gasteiger partial charge in [-0.25, -0.2) is 18.7 Å². The molecule has 0 spiro atoms. The second-order valence-electron chi connectivity index (χ2n) is 9.41. The zero-order valence-electron chi connectivity index (χ0n) is 20.6. The Balaban J connectivity index is 0.00000121. The van der Waals surface area contributed by atoms with Crippen molar-refractivity contribution < 1.29 is 33.1 Å². The Morgan fingerprint density at radius 2 is 1.84 bits per heavy atom. The number of benzene rings is 1. The number of carboxylic acid groups (broad SMARTS) is 1. The number of hydroxylamine groups is 1. The van der Waals surface area contributed by atoms with E-state index in [1.54, 1.807) is 6.20 Å². The van der Waals surface area contributed by atoms with E-state index in [1.165, 1.54) is 27.4 Å². The third-order valence-corrected chi connectivity index (χ3v) is 9.11. The average Bonchev–Trinajstić information content (AvgIpc) is 3.49. The topological polar surface area (TPSA) is 172 Å². The van der Waals surface area contributed by atoms with E-state index in [0.717, 1.165) is 30.4 Å². The molecule has 11 nitrogen and oxygen atoms in total. The van der Waals surface area contributed by atoms with Gasteiger partial charge in [0.1, 0.15) is 0 Å². The number of aromatic nitrogens is 1. The average molecular weight is 531 g/mol. The van der Waals surface area contributed by atoms with Crippen molar-refractivity contribution in [2.24, 2.45) is 5.73 Å². The summed E-state index contributed by atoms with van der Waals surface area (Å²) in [5.74, 6) is 5.18. The molecule has 1 atom stereocenters. The third kappa shape index (κ3) is 5.69. The van der Waals surface area contributed by atoms with Gasteiger partial charge in [0.15, 0.2) is 14.6 Å². The van der Waals surface area contributed by atoms with Crippen LogP contribution in [0.2, 0.25) is 0 Å². The molecule has 0 bridgehead atoms. The number of nitrogens with one attached hydrogen (secondary N) is 1. The molecule has 2 aliphatic rings. The molecule has 1 aromatic carbocycles. The Hall–Kier alpha value is -3.66. The molecule has 12 heteroatoms. The molecular formula is C25H30N4O7S. The van der Waals surface area contributed by atoms with Crippen LogP contribution < -0.4 is 11.2 Å². The van der Waals surface area contributed by atoms with Crippen LogP contribution in [0.5, 0.6) is 0 Å². The van der Waals surface area contributed by atoms with Gasteiger partial charge in [0.25, 0.3) is 12.4 Å². The summed E-state index contributed by atoms with van der Waals surface area (Å²) in [5.41, 5.74) is 11.0. The highest BCUT2D eigenvalue weighted by molar-refractivity contribution is 7.92. The molecule has 1 aliphatic carbocycles. The highest BCUT2D eigenvalue weighted by Crippen LogP contribution is 2.47. The van der Waals surface area contributed by atoms with E-state index in [9.17, 15) is 18.0 Å². The molecule has 1 saturated carbocycles. The number of hydrogen-bond donors (Lipinski definition) is 4. The first-order valence-electron chi connectivity index (χ1n) is 11.5. The predicted octanol–water partition coefficient (Wildman–Crippen LogP) is 1.06. The Morgan fingerprint density at radius 3 is 2.32 bits per heavy atom. The first-order chi connectivity index (χ1) is 17.4. The summed E-state index contributed by atoms with van der Waals surface area (Å²) in [7, 11) is -3.83. The maximum Gasteiger partial charge on any atom is 0.328 e. The van der Waals surface area contributed by atoms with Crippen LogP contribution in [0, 0.1) is 11.8 Å². The van der Waals surface area contributed by atoms with Crippen molar-refractivity contribution >= 4 is 28.2 Å². The van der Waals surface area contributed by atoms with Crippen molar-refractivity contribution in [3.8, 4) is 11.8 Å². The van der Waals surface area contributed by atoms with Gasteiger partial charge in [0.2, 0.25) is 0 Å². The standard InChI is InChI=1S/C24H28N4O5S.CH2O2/c1-23(21(29)26-31,34(2,32)33)11-12-27-15-20-13-18(14-28(20)22(27)30)4-3-17-5-7-19(8-6-17)24(16-25)9-10-24;2-1-3/h5-8,13-14,31H,9-12,15-16,25H2,1-2H3,(H,26,29);1H,(H,2,3). The van der Waals surface area contributed by atoms with Crippen LogP contribution in [0.4, 0.5) is 4.79 Å². The number of hydrogen-bond acceptors (Lipinski definition) is 7. The van der Waals surface area contributed by atoms with E-state index in [0.29, 0.717) is 12.1 Å². The summed E-state index contributed by atoms with van der Waals surface area (Å²) < 4.78 is 23.9. The first kappa shape index (κ1) is 27.9. The SMILES string of the molecule is CC(CCN1Cc2cc(C#Cc3ccc(C4(CN)CC4)cc3)cn2C1=O)(C(=O)NO)S(C)(=O)=O.O=CO. The minimum atomic E-state index is -3.83. The number of sulfone groups is 1. The van der Waals surface area contributed by atoms with Crippen LogP contribution in [-0.2, 0) is 31.4 Å². The minimum absolute atomic E-state index is 0.0369. The van der Waals surface area contributed by atoms with Crippen LogP contribution in [0.1, 0.15) is 48.6 Å². The molecule has 198 valence electrons. The fourth-order valence-electron chi connectivity index (χ4n) is 4.21. The largest absolute Gasteiger partial charge is 0.483 e. The fraction of sp³-hybridized carbons (Fsp3) is 0.400. The van der Waals surface area contributed by atoms with Crippen LogP contribution in [0.15, 0.2) is 36.5 Å². The molecule has 37 heavy (non-hydrogen) atoms. The molecule has 1 fully saturated rings. The number of carbonyl (C=O) groups excluding carboxylic acids is 2. The van der Waals surface area contributed by atoms with E-state index in [2.05, 4.69) is 24.0 Å². The Morgan fingerprint density at radius 1 is 1.24 bits per heavy atom. The summed E-state index contributed by atoms with van der Waals surface area (Å²) in [6.45, 7) is 1.95. The quantitative estimate of drug-likeness (QED) is 0.178. The second kappa shape index (κ2) is 10.8. The number of carbonyl (C=O) groups is 3. The number of rotatable bonds is 7. The Bertz CT molecular complexity index is 1350. The number of nitrogens with zero attached hydrogens (tertiary/aromatic N) is 2. The number of fused-ring (bicyclic) bond motifs is 1. The summed E-state index contributed by atoms with van der Waals surface area (Å²) in [6, 6.07) is 9.62. The van der Waals surface area contributed by atoms with E-state index in [4.69, 9.17) is 20.8 Å². The van der Waals surface area contributed by atoms with Crippen LogP contribution in [0.25, 0.3) is 0 Å². The molecule has 5 N–H and O–H groups in total. The van der Waals surface area contributed by atoms with Crippen LogP contribution in [0.3, 0.4) is 0 Å². The maximum absolute atomic E-state index is 12.8. The number of amides is 2. The van der Waals surface area contributed by atoms with Crippen LogP contribution in [-0.4, -0.2) is 70.7 Å². The smallest absolute Gasteiger partial charge is 0.328 e. The van der Waals surface area contributed by atoms with Gasteiger partial charge in [-0.05, 0) is 49.9 Å². The summed E-state index contributed by atoms with van der Waals surface area (Å²) >= 11 is 0. The molecule has 1 unspecified atom stereocenters. The summed E-state index contributed by atoms with van der Waals surface area (Å²) in [5, 5.41) is 15.8. The van der Waals surface area contributed by atoms with Gasteiger partial charge in [0, 0.05) is 47.8 Å². The zero-order chi connectivity index (χ0) is 27.4. The van der Waals surface area contributed by atoms with E-state index in [1.807, 2.05) is 18.2 Å². The van der Waals surface area contributed by atoms with Gasteiger partial charge in [-0.1, -0.05) is 24.0 Å². The van der Waals surface area contributed by atoms with Gasteiger partial charge in [-0.3, -0.25) is 19.4 Å². The lowest BCUT2D eigenvalue weighted by Crippen LogP contribution is -2.50. The Labute approximate surface area is 215 Å². The summed E-state index contributed by atoms with van der Waals surface area (Å²) in [4.78, 5) is 34.6. The molecule has 2 amide bonds. The third-order valence-electron chi connectivity index (χ3n) is 7.08. The van der Waals surface area contributed by atoms with Crippen molar-refractivity contribution in [3.05, 3.63) is 58.9 Å². The van der Waals surface area contributed by atoms with E-state index in [-0.39, 0.29) is 37.4 Å². The van der Waals surface area contributed by atoms with Gasteiger partial charge in [-0.15, -0.1) is 0 Å². The first-order valence-corrected chi connectivity index (χ1v) is 13.4. The molecule has 1 aromatic heterocycles. The second-order valence-corrected chi connectivity index (χ2v) is 11.9. The molecule has 2 heterocycles. The normalized spacial score (nSPS) is 16.9. The zero-order valence-corrected chi connectivity index (χ0v) is 21.4. The monoisotopic (exact) mass is 530 g/mol. The van der Waals surface area contributed by atoms with Crippen molar-refractivity contribution in [3.63, 3.8) is 0 Å². The number of nitrogens with two attached hydrogens (primary N) is 1. The van der Waals surface area contributed by atoms with Crippen molar-refractivity contribution in [1.29, 1.82) is 0 Å². The Kier molecular flexibility index (Phi) is 8.12. The van der Waals surface area contributed by atoms with Gasteiger partial charge < -0.3 is 15.7 Å². The van der Waals surface area contributed by atoms with Crippen LogP contribution >= 0.6 is 0 Å². The molecular weight excluding hydrogens is 500 g/mol. The van der Waals surface area contributed by atoms with E-state index >= 15 is 0 Å². The van der Waals surface area contributed by atoms with Crippen molar-refractivity contribution in [2.75, 3.05) is 19.3 Å². The molecule has 4 rings (SSSR count).